The Bertz CT molecular complexity index is 618. The lowest BCUT2D eigenvalue weighted by Gasteiger charge is -2.45. The Kier molecular flexibility index (Phi) is 2.20. The highest BCUT2D eigenvalue weighted by Crippen LogP contribution is 2.68. The molecule has 104 valence electrons. The number of hydrogen-bond donors (Lipinski definition) is 0. The van der Waals surface area contributed by atoms with Crippen molar-refractivity contribution >= 4 is 5.71 Å². The fourth-order valence-electron chi connectivity index (χ4n) is 5.71. The maximum Gasteiger partial charge on any atom is 0.106 e. The molecule has 0 aromatic heterocycles. The number of oxime groups is 1. The highest BCUT2D eigenvalue weighted by atomic mass is 16.6. The van der Waals surface area contributed by atoms with E-state index >= 15 is 0 Å². The molecule has 4 aliphatic rings. The van der Waals surface area contributed by atoms with Crippen LogP contribution in [0.25, 0.3) is 0 Å². The first-order valence-corrected chi connectivity index (χ1v) is 8.14. The monoisotopic (exact) mass is 267 g/mol. The SMILES string of the molecule is CO/N=C1/CCCc2ccc3c(c21)C1C2CCC(C2)C31. The summed E-state index contributed by atoms with van der Waals surface area (Å²) >= 11 is 0. The van der Waals surface area contributed by atoms with Gasteiger partial charge in [0.2, 0.25) is 0 Å². The summed E-state index contributed by atoms with van der Waals surface area (Å²) in [5, 5.41) is 4.35. The number of hydrogen-bond acceptors (Lipinski definition) is 2. The van der Waals surface area contributed by atoms with E-state index in [0.717, 1.165) is 30.1 Å². The quantitative estimate of drug-likeness (QED) is 0.705. The summed E-state index contributed by atoms with van der Waals surface area (Å²) in [6.07, 6.45) is 7.94. The number of rotatable bonds is 1. The summed E-state index contributed by atoms with van der Waals surface area (Å²) in [6.45, 7) is 0. The minimum absolute atomic E-state index is 0.860. The van der Waals surface area contributed by atoms with Crippen LogP contribution in [0.15, 0.2) is 17.3 Å². The zero-order valence-electron chi connectivity index (χ0n) is 12.1. The Morgan fingerprint density at radius 1 is 1.10 bits per heavy atom. The van der Waals surface area contributed by atoms with Crippen molar-refractivity contribution in [2.45, 2.75) is 50.4 Å². The van der Waals surface area contributed by atoms with Gasteiger partial charge in [0.05, 0.1) is 5.71 Å². The molecule has 4 aliphatic carbocycles. The van der Waals surface area contributed by atoms with Crippen LogP contribution < -0.4 is 0 Å². The van der Waals surface area contributed by atoms with Crippen molar-refractivity contribution in [2.24, 2.45) is 17.0 Å². The normalized spacial score (nSPS) is 38.1. The highest BCUT2D eigenvalue weighted by molar-refractivity contribution is 6.04. The molecule has 0 N–H and O–H groups in total. The van der Waals surface area contributed by atoms with E-state index in [0.29, 0.717) is 0 Å². The average molecular weight is 267 g/mol. The van der Waals surface area contributed by atoms with E-state index in [1.807, 2.05) is 0 Å². The summed E-state index contributed by atoms with van der Waals surface area (Å²) in [5.41, 5.74) is 7.56. The van der Waals surface area contributed by atoms with E-state index in [4.69, 9.17) is 4.84 Å². The van der Waals surface area contributed by atoms with Gasteiger partial charge < -0.3 is 4.84 Å². The molecule has 0 heterocycles. The van der Waals surface area contributed by atoms with Gasteiger partial charge in [-0.25, -0.2) is 0 Å². The molecule has 1 aromatic rings. The van der Waals surface area contributed by atoms with E-state index in [1.54, 1.807) is 18.2 Å². The first-order valence-electron chi connectivity index (χ1n) is 8.14. The van der Waals surface area contributed by atoms with E-state index < -0.39 is 0 Å². The third kappa shape index (κ3) is 1.23. The molecule has 2 fully saturated rings. The number of benzene rings is 1. The lowest BCUT2D eigenvalue weighted by Crippen LogP contribution is -2.33. The number of aryl methyl sites for hydroxylation is 1. The molecular weight excluding hydrogens is 246 g/mol. The van der Waals surface area contributed by atoms with Gasteiger partial charge in [-0.2, -0.15) is 0 Å². The predicted molar refractivity (Wildman–Crippen MR) is 79.2 cm³/mol. The molecule has 4 atom stereocenters. The van der Waals surface area contributed by atoms with Crippen molar-refractivity contribution in [1.29, 1.82) is 0 Å². The van der Waals surface area contributed by atoms with Gasteiger partial charge in [-0.3, -0.25) is 0 Å². The van der Waals surface area contributed by atoms with Crippen LogP contribution in [-0.2, 0) is 11.3 Å². The zero-order valence-corrected chi connectivity index (χ0v) is 12.1. The third-order valence-corrected chi connectivity index (χ3v) is 6.32. The molecule has 2 heteroatoms. The molecule has 0 spiro atoms. The predicted octanol–water partition coefficient (Wildman–Crippen LogP) is 3.98. The molecule has 4 unspecified atom stereocenters. The maximum absolute atomic E-state index is 5.12. The van der Waals surface area contributed by atoms with Gasteiger partial charge in [-0.05, 0) is 78.9 Å². The summed E-state index contributed by atoms with van der Waals surface area (Å²) in [4.78, 5) is 5.12. The average Bonchev–Trinajstić information content (AvgIpc) is 3.00. The Hall–Kier alpha value is -1.31. The summed E-state index contributed by atoms with van der Waals surface area (Å²) in [5.74, 6) is 3.70. The molecule has 2 bridgehead atoms. The van der Waals surface area contributed by atoms with Gasteiger partial charge in [0.25, 0.3) is 0 Å². The van der Waals surface area contributed by atoms with Crippen molar-refractivity contribution in [3.8, 4) is 0 Å². The van der Waals surface area contributed by atoms with Crippen LogP contribution in [0, 0.1) is 11.8 Å². The van der Waals surface area contributed by atoms with Crippen LogP contribution in [0.2, 0.25) is 0 Å². The van der Waals surface area contributed by atoms with Crippen LogP contribution in [-0.4, -0.2) is 12.8 Å². The lowest BCUT2D eigenvalue weighted by molar-refractivity contribution is 0.212. The van der Waals surface area contributed by atoms with Crippen molar-refractivity contribution in [3.63, 3.8) is 0 Å². The second-order valence-electron chi connectivity index (χ2n) is 7.06. The van der Waals surface area contributed by atoms with Gasteiger partial charge in [-0.1, -0.05) is 17.3 Å². The minimum Gasteiger partial charge on any atom is -0.399 e. The largest absolute Gasteiger partial charge is 0.399 e. The van der Waals surface area contributed by atoms with Gasteiger partial charge >= 0.3 is 0 Å². The van der Waals surface area contributed by atoms with Crippen molar-refractivity contribution in [1.82, 2.24) is 0 Å². The summed E-state index contributed by atoms with van der Waals surface area (Å²) < 4.78 is 0. The molecule has 2 nitrogen and oxygen atoms in total. The van der Waals surface area contributed by atoms with Gasteiger partial charge in [-0.15, -0.1) is 0 Å². The van der Waals surface area contributed by atoms with Crippen LogP contribution >= 0.6 is 0 Å². The second kappa shape index (κ2) is 3.87. The molecule has 0 radical (unpaired) electrons. The zero-order chi connectivity index (χ0) is 13.3. The van der Waals surface area contributed by atoms with E-state index in [2.05, 4.69) is 17.3 Å². The third-order valence-electron chi connectivity index (χ3n) is 6.32. The smallest absolute Gasteiger partial charge is 0.106 e. The second-order valence-corrected chi connectivity index (χ2v) is 7.06. The Morgan fingerprint density at radius 3 is 2.80 bits per heavy atom. The van der Waals surface area contributed by atoms with Crippen LogP contribution in [0.4, 0.5) is 0 Å². The summed E-state index contributed by atoms with van der Waals surface area (Å²) in [6, 6.07) is 4.81. The van der Waals surface area contributed by atoms with E-state index in [-0.39, 0.29) is 0 Å². The Morgan fingerprint density at radius 2 is 1.95 bits per heavy atom. The topological polar surface area (TPSA) is 21.6 Å². The van der Waals surface area contributed by atoms with Gasteiger partial charge in [0.1, 0.15) is 7.11 Å². The van der Waals surface area contributed by atoms with Gasteiger partial charge in [0, 0.05) is 5.56 Å². The number of nitrogens with zero attached hydrogens (tertiary/aromatic N) is 1. The molecule has 20 heavy (non-hydrogen) atoms. The first kappa shape index (κ1) is 11.4. The van der Waals surface area contributed by atoms with Crippen LogP contribution in [0.5, 0.6) is 0 Å². The van der Waals surface area contributed by atoms with Crippen LogP contribution in [0.3, 0.4) is 0 Å². The van der Waals surface area contributed by atoms with E-state index in [1.165, 1.54) is 48.9 Å². The molecule has 0 saturated heterocycles. The highest BCUT2D eigenvalue weighted by Gasteiger charge is 2.56. The molecular formula is C18H21NO. The van der Waals surface area contributed by atoms with Gasteiger partial charge in [0.15, 0.2) is 0 Å². The maximum atomic E-state index is 5.12. The fraction of sp³-hybridized carbons (Fsp3) is 0.611. The van der Waals surface area contributed by atoms with Crippen molar-refractivity contribution in [2.75, 3.05) is 7.11 Å². The minimum atomic E-state index is 0.860. The van der Waals surface area contributed by atoms with Crippen molar-refractivity contribution < 1.29 is 4.84 Å². The number of fused-ring (bicyclic) bond motifs is 10. The lowest BCUT2D eigenvalue weighted by atomic mass is 9.58. The summed E-state index contributed by atoms with van der Waals surface area (Å²) in [7, 11) is 1.68. The Labute approximate surface area is 120 Å². The molecule has 2 saturated carbocycles. The van der Waals surface area contributed by atoms with Crippen molar-refractivity contribution in [3.05, 3.63) is 34.4 Å². The first-order chi connectivity index (χ1) is 9.88. The van der Waals surface area contributed by atoms with Crippen LogP contribution in [0.1, 0.15) is 66.2 Å². The molecule has 0 aliphatic heterocycles. The standard InChI is InChI=1S/C18H21NO/c1-20-19-14-4-2-3-10-7-8-13-15-11-5-6-12(9-11)17(15)18(13)16(10)14/h7-8,11-12,15,17H,2-6,9H2,1H3/b19-14-. The fourth-order valence-corrected chi connectivity index (χ4v) is 5.71. The Balaban J connectivity index is 1.70. The van der Waals surface area contributed by atoms with E-state index in [9.17, 15) is 0 Å². The molecule has 5 rings (SSSR count). The molecule has 1 aromatic carbocycles. The molecule has 0 amide bonds.